The van der Waals surface area contributed by atoms with Gasteiger partial charge in [0.1, 0.15) is 0 Å². The highest BCUT2D eigenvalue weighted by atomic mass is 19.1. The summed E-state index contributed by atoms with van der Waals surface area (Å²) >= 11 is 0. The van der Waals surface area contributed by atoms with Crippen molar-refractivity contribution in [3.8, 4) is 5.75 Å². The first-order chi connectivity index (χ1) is 8.84. The Labute approximate surface area is 114 Å². The molecule has 1 aliphatic rings. The van der Waals surface area contributed by atoms with Crippen LogP contribution in [0.3, 0.4) is 0 Å². The predicted molar refractivity (Wildman–Crippen MR) is 73.9 cm³/mol. The van der Waals surface area contributed by atoms with Gasteiger partial charge in [-0.15, -0.1) is 0 Å². The van der Waals surface area contributed by atoms with Crippen LogP contribution in [-0.2, 0) is 6.42 Å². The fraction of sp³-hybridized carbons (Fsp3) is 0.625. The second-order valence-corrected chi connectivity index (χ2v) is 6.56. The van der Waals surface area contributed by atoms with E-state index in [0.717, 1.165) is 31.2 Å². The van der Waals surface area contributed by atoms with Crippen LogP contribution in [0.15, 0.2) is 18.2 Å². The highest BCUT2D eigenvalue weighted by molar-refractivity contribution is 5.30. The Kier molecular flexibility index (Phi) is 3.86. The van der Waals surface area contributed by atoms with E-state index in [0.29, 0.717) is 6.42 Å². The molecule has 106 valence electrons. The molecule has 0 bridgehead atoms. The SMILES string of the molecule is COc1ccc(CC2(O)CCCC(C)(C)C2)cc1F. The molecule has 0 radical (unpaired) electrons. The smallest absolute Gasteiger partial charge is 0.165 e. The summed E-state index contributed by atoms with van der Waals surface area (Å²) in [5.41, 5.74) is 0.291. The Morgan fingerprint density at radius 1 is 1.32 bits per heavy atom. The van der Waals surface area contributed by atoms with Crippen LogP contribution in [0, 0.1) is 11.2 Å². The number of halogens is 1. The topological polar surface area (TPSA) is 29.5 Å². The lowest BCUT2D eigenvalue weighted by Crippen LogP contribution is -2.40. The Morgan fingerprint density at radius 2 is 2.05 bits per heavy atom. The van der Waals surface area contributed by atoms with E-state index in [9.17, 15) is 9.50 Å². The molecule has 2 nitrogen and oxygen atoms in total. The van der Waals surface area contributed by atoms with Gasteiger partial charge in [-0.2, -0.15) is 0 Å². The van der Waals surface area contributed by atoms with Gasteiger partial charge in [0.25, 0.3) is 0 Å². The van der Waals surface area contributed by atoms with Crippen molar-refractivity contribution >= 4 is 0 Å². The number of rotatable bonds is 3. The van der Waals surface area contributed by atoms with Crippen molar-refractivity contribution in [1.82, 2.24) is 0 Å². The molecule has 0 saturated heterocycles. The lowest BCUT2D eigenvalue weighted by atomic mass is 9.68. The fourth-order valence-electron chi connectivity index (χ4n) is 3.31. The van der Waals surface area contributed by atoms with Crippen LogP contribution < -0.4 is 4.74 Å². The minimum absolute atomic E-state index is 0.165. The van der Waals surface area contributed by atoms with Gasteiger partial charge in [-0.05, 0) is 42.4 Å². The molecule has 0 aliphatic heterocycles. The second-order valence-electron chi connectivity index (χ2n) is 6.56. The zero-order chi connectivity index (χ0) is 14.1. The van der Waals surface area contributed by atoms with Crippen molar-refractivity contribution in [2.24, 2.45) is 5.41 Å². The van der Waals surface area contributed by atoms with Crippen molar-refractivity contribution < 1.29 is 14.2 Å². The van der Waals surface area contributed by atoms with Crippen LogP contribution in [0.5, 0.6) is 5.75 Å². The number of ether oxygens (including phenoxy) is 1. The van der Waals surface area contributed by atoms with Crippen molar-refractivity contribution in [2.45, 2.75) is 51.6 Å². The summed E-state index contributed by atoms with van der Waals surface area (Å²) < 4.78 is 18.6. The van der Waals surface area contributed by atoms with Gasteiger partial charge in [0.05, 0.1) is 12.7 Å². The standard InChI is InChI=1S/C16H23FO2/c1-15(2)7-4-8-16(18,11-15)10-12-5-6-14(19-3)13(17)9-12/h5-6,9,18H,4,7-8,10-11H2,1-3H3. The minimum atomic E-state index is -0.706. The van der Waals surface area contributed by atoms with Gasteiger partial charge in [0.15, 0.2) is 11.6 Å². The van der Waals surface area contributed by atoms with Gasteiger partial charge in [-0.1, -0.05) is 26.3 Å². The first-order valence-corrected chi connectivity index (χ1v) is 6.88. The lowest BCUT2D eigenvalue weighted by molar-refractivity contribution is -0.0382. The number of aliphatic hydroxyl groups is 1. The van der Waals surface area contributed by atoms with Gasteiger partial charge in [0.2, 0.25) is 0 Å². The van der Waals surface area contributed by atoms with Crippen molar-refractivity contribution in [2.75, 3.05) is 7.11 Å². The van der Waals surface area contributed by atoms with Crippen LogP contribution in [0.2, 0.25) is 0 Å². The summed E-state index contributed by atoms with van der Waals surface area (Å²) in [5.74, 6) is -0.113. The molecule has 0 amide bonds. The van der Waals surface area contributed by atoms with E-state index in [1.54, 1.807) is 6.07 Å². The highest BCUT2D eigenvalue weighted by Crippen LogP contribution is 2.42. The zero-order valence-electron chi connectivity index (χ0n) is 12.0. The molecule has 1 atom stereocenters. The number of methoxy groups -OCH3 is 1. The summed E-state index contributed by atoms with van der Waals surface area (Å²) in [7, 11) is 1.45. The molecule has 1 unspecified atom stereocenters. The molecule has 0 aromatic heterocycles. The van der Waals surface area contributed by atoms with E-state index in [-0.39, 0.29) is 17.0 Å². The number of benzene rings is 1. The molecule has 1 aromatic carbocycles. The summed E-state index contributed by atoms with van der Waals surface area (Å²) in [6.07, 6.45) is 4.25. The molecule has 0 heterocycles. The summed E-state index contributed by atoms with van der Waals surface area (Å²) in [6, 6.07) is 4.93. The van der Waals surface area contributed by atoms with Gasteiger partial charge >= 0.3 is 0 Å². The first kappa shape index (κ1) is 14.3. The third-order valence-corrected chi connectivity index (χ3v) is 4.05. The van der Waals surface area contributed by atoms with Crippen LogP contribution in [-0.4, -0.2) is 17.8 Å². The number of hydrogen-bond donors (Lipinski definition) is 1. The van der Waals surface area contributed by atoms with Crippen LogP contribution in [0.25, 0.3) is 0 Å². The Balaban J connectivity index is 2.14. The van der Waals surface area contributed by atoms with Crippen molar-refractivity contribution in [1.29, 1.82) is 0 Å². The molecule has 3 heteroatoms. The average molecular weight is 266 g/mol. The Hall–Kier alpha value is -1.09. The first-order valence-electron chi connectivity index (χ1n) is 6.88. The molecule has 1 saturated carbocycles. The quantitative estimate of drug-likeness (QED) is 0.903. The Bertz CT molecular complexity index is 456. The maximum Gasteiger partial charge on any atom is 0.165 e. The molecular formula is C16H23FO2. The highest BCUT2D eigenvalue weighted by Gasteiger charge is 2.38. The van der Waals surface area contributed by atoms with Crippen LogP contribution >= 0.6 is 0 Å². The monoisotopic (exact) mass is 266 g/mol. The van der Waals surface area contributed by atoms with Crippen molar-refractivity contribution in [3.63, 3.8) is 0 Å². The van der Waals surface area contributed by atoms with Crippen LogP contribution in [0.4, 0.5) is 4.39 Å². The molecule has 1 N–H and O–H groups in total. The minimum Gasteiger partial charge on any atom is -0.494 e. The van der Waals surface area contributed by atoms with Gasteiger partial charge < -0.3 is 9.84 Å². The summed E-state index contributed by atoms with van der Waals surface area (Å²) in [4.78, 5) is 0. The predicted octanol–water partition coefficient (Wildman–Crippen LogP) is 3.71. The van der Waals surface area contributed by atoms with E-state index in [2.05, 4.69) is 13.8 Å². The zero-order valence-corrected chi connectivity index (χ0v) is 12.0. The third kappa shape index (κ3) is 3.47. The van der Waals surface area contributed by atoms with E-state index in [1.165, 1.54) is 13.2 Å². The van der Waals surface area contributed by atoms with E-state index in [1.807, 2.05) is 6.07 Å². The molecule has 2 rings (SSSR count). The molecular weight excluding hydrogens is 243 g/mol. The lowest BCUT2D eigenvalue weighted by Gasteiger charge is -2.41. The van der Waals surface area contributed by atoms with Gasteiger partial charge in [0, 0.05) is 6.42 Å². The average Bonchev–Trinajstić information content (AvgIpc) is 2.26. The molecule has 1 aromatic rings. The maximum atomic E-state index is 13.7. The molecule has 19 heavy (non-hydrogen) atoms. The maximum absolute atomic E-state index is 13.7. The normalized spacial score (nSPS) is 26.2. The molecule has 1 fully saturated rings. The number of hydrogen-bond acceptors (Lipinski definition) is 2. The summed E-state index contributed by atoms with van der Waals surface area (Å²) in [5, 5.41) is 10.7. The Morgan fingerprint density at radius 3 is 2.63 bits per heavy atom. The second kappa shape index (κ2) is 5.12. The molecule has 1 aliphatic carbocycles. The third-order valence-electron chi connectivity index (χ3n) is 4.05. The van der Waals surface area contributed by atoms with E-state index < -0.39 is 5.60 Å². The largest absolute Gasteiger partial charge is 0.494 e. The van der Waals surface area contributed by atoms with Gasteiger partial charge in [-0.25, -0.2) is 4.39 Å². The molecule has 0 spiro atoms. The fourth-order valence-corrected chi connectivity index (χ4v) is 3.31. The van der Waals surface area contributed by atoms with E-state index >= 15 is 0 Å². The van der Waals surface area contributed by atoms with Crippen LogP contribution in [0.1, 0.15) is 45.1 Å². The summed E-state index contributed by atoms with van der Waals surface area (Å²) in [6.45, 7) is 4.37. The van der Waals surface area contributed by atoms with Gasteiger partial charge in [-0.3, -0.25) is 0 Å². The van der Waals surface area contributed by atoms with Crippen molar-refractivity contribution in [3.05, 3.63) is 29.6 Å². The van der Waals surface area contributed by atoms with E-state index in [4.69, 9.17) is 4.74 Å².